The second-order valence-corrected chi connectivity index (χ2v) is 9.66. The first-order chi connectivity index (χ1) is 16.0. The Bertz CT molecular complexity index is 1530. The molecule has 0 unspecified atom stereocenters. The van der Waals surface area contributed by atoms with E-state index in [1.165, 1.54) is 6.26 Å². The molecule has 0 atom stereocenters. The Balaban J connectivity index is 1.65. The molecular weight excluding hydrogens is 434 g/mol. The standard InChI is InChI=1S/C25H21N5O2S/c1-33(31,32)21-12-7-10-19(16-21)24-28-25(27-17-20-11-5-6-14-26-20)23-22(13-15-30(23)29-24)18-8-3-2-4-9-18/h2-16H,17H2,1H3,(H,27,28,29). The third kappa shape index (κ3) is 4.33. The maximum Gasteiger partial charge on any atom is 0.182 e. The summed E-state index contributed by atoms with van der Waals surface area (Å²) < 4.78 is 25.9. The van der Waals surface area contributed by atoms with E-state index >= 15 is 0 Å². The molecule has 0 saturated carbocycles. The quantitative estimate of drug-likeness (QED) is 0.406. The van der Waals surface area contributed by atoms with E-state index in [9.17, 15) is 8.42 Å². The molecule has 5 rings (SSSR count). The number of nitrogens with zero attached hydrogens (tertiary/aromatic N) is 4. The molecule has 0 bridgehead atoms. The first kappa shape index (κ1) is 20.8. The maximum atomic E-state index is 12.0. The molecule has 0 amide bonds. The molecule has 1 N–H and O–H groups in total. The Labute approximate surface area is 191 Å². The fraction of sp³-hybridized carbons (Fsp3) is 0.0800. The third-order valence-corrected chi connectivity index (χ3v) is 6.39. The van der Waals surface area contributed by atoms with E-state index in [4.69, 9.17) is 4.98 Å². The van der Waals surface area contributed by atoms with Crippen molar-refractivity contribution in [1.29, 1.82) is 0 Å². The van der Waals surface area contributed by atoms with E-state index in [-0.39, 0.29) is 4.90 Å². The zero-order valence-corrected chi connectivity index (χ0v) is 18.7. The van der Waals surface area contributed by atoms with Gasteiger partial charge in [0.2, 0.25) is 0 Å². The summed E-state index contributed by atoms with van der Waals surface area (Å²) in [5, 5.41) is 8.09. The van der Waals surface area contributed by atoms with Gasteiger partial charge >= 0.3 is 0 Å². The molecule has 164 valence electrons. The highest BCUT2D eigenvalue weighted by atomic mass is 32.2. The summed E-state index contributed by atoms with van der Waals surface area (Å²) in [6.07, 6.45) is 4.82. The van der Waals surface area contributed by atoms with E-state index < -0.39 is 9.84 Å². The van der Waals surface area contributed by atoms with E-state index in [0.717, 1.165) is 22.3 Å². The van der Waals surface area contributed by atoms with Gasteiger partial charge in [0.25, 0.3) is 0 Å². The Morgan fingerprint density at radius 2 is 1.70 bits per heavy atom. The lowest BCUT2D eigenvalue weighted by molar-refractivity contribution is 0.602. The highest BCUT2D eigenvalue weighted by Crippen LogP contribution is 2.31. The minimum Gasteiger partial charge on any atom is -0.363 e. The number of hydrogen-bond donors (Lipinski definition) is 1. The zero-order valence-electron chi connectivity index (χ0n) is 17.9. The van der Waals surface area contributed by atoms with Crippen LogP contribution in [0, 0.1) is 0 Å². The van der Waals surface area contributed by atoms with Gasteiger partial charge in [0, 0.05) is 29.8 Å². The van der Waals surface area contributed by atoms with Crippen LogP contribution in [0.3, 0.4) is 0 Å². The minimum absolute atomic E-state index is 0.226. The largest absolute Gasteiger partial charge is 0.363 e. The number of fused-ring (bicyclic) bond motifs is 1. The SMILES string of the molecule is CS(=O)(=O)c1cccc(-c2nc(NCc3ccccn3)c3c(-c4ccccc4)ccn3n2)c1. The molecule has 0 aliphatic heterocycles. The molecule has 2 aromatic carbocycles. The summed E-state index contributed by atoms with van der Waals surface area (Å²) in [5.41, 5.74) is 4.38. The molecule has 0 saturated heterocycles. The molecule has 0 spiro atoms. The number of benzene rings is 2. The molecule has 7 nitrogen and oxygen atoms in total. The van der Waals surface area contributed by atoms with Crippen molar-refractivity contribution in [1.82, 2.24) is 19.6 Å². The predicted octanol–water partition coefficient (Wildman–Crippen LogP) is 4.47. The molecule has 0 radical (unpaired) electrons. The molecular formula is C25H21N5O2S. The maximum absolute atomic E-state index is 12.0. The number of pyridine rings is 1. The van der Waals surface area contributed by atoms with E-state index in [0.29, 0.717) is 23.8 Å². The fourth-order valence-corrected chi connectivity index (χ4v) is 4.33. The van der Waals surface area contributed by atoms with E-state index in [1.807, 2.05) is 60.8 Å². The predicted molar refractivity (Wildman–Crippen MR) is 129 cm³/mol. The Morgan fingerprint density at radius 3 is 2.45 bits per heavy atom. The van der Waals surface area contributed by atoms with Crippen molar-refractivity contribution in [3.8, 4) is 22.5 Å². The van der Waals surface area contributed by atoms with Gasteiger partial charge in [0.1, 0.15) is 5.52 Å². The summed E-state index contributed by atoms with van der Waals surface area (Å²) in [7, 11) is -3.35. The van der Waals surface area contributed by atoms with E-state index in [2.05, 4.69) is 15.4 Å². The van der Waals surface area contributed by atoms with Crippen molar-refractivity contribution in [2.75, 3.05) is 11.6 Å². The topological polar surface area (TPSA) is 89.2 Å². The van der Waals surface area contributed by atoms with E-state index in [1.54, 1.807) is 35.0 Å². The summed E-state index contributed by atoms with van der Waals surface area (Å²) in [6.45, 7) is 0.482. The second-order valence-electron chi connectivity index (χ2n) is 7.65. The smallest absolute Gasteiger partial charge is 0.182 e. The number of hydrogen-bond acceptors (Lipinski definition) is 6. The number of aromatic nitrogens is 4. The van der Waals surface area contributed by atoms with Gasteiger partial charge in [-0.05, 0) is 35.9 Å². The van der Waals surface area contributed by atoms with Crippen molar-refractivity contribution in [2.45, 2.75) is 11.4 Å². The average Bonchev–Trinajstić information content (AvgIpc) is 3.28. The van der Waals surface area contributed by atoms with Gasteiger partial charge in [-0.3, -0.25) is 4.98 Å². The van der Waals surface area contributed by atoms with Gasteiger partial charge in [-0.25, -0.2) is 17.9 Å². The van der Waals surface area contributed by atoms with Gasteiger partial charge in [0.05, 0.1) is 17.1 Å². The van der Waals surface area contributed by atoms with Crippen molar-refractivity contribution in [3.63, 3.8) is 0 Å². The van der Waals surface area contributed by atoms with Crippen LogP contribution in [0.5, 0.6) is 0 Å². The van der Waals surface area contributed by atoms with Crippen LogP contribution in [0.1, 0.15) is 5.69 Å². The number of sulfone groups is 1. The Morgan fingerprint density at radius 1 is 0.909 bits per heavy atom. The molecule has 3 aromatic heterocycles. The second kappa shape index (κ2) is 8.48. The molecule has 8 heteroatoms. The Kier molecular flexibility index (Phi) is 5.35. The van der Waals surface area contributed by atoms with Gasteiger partial charge in [-0.15, -0.1) is 5.10 Å². The molecule has 0 aliphatic carbocycles. The van der Waals surface area contributed by atoms with Gasteiger partial charge in [-0.2, -0.15) is 0 Å². The van der Waals surface area contributed by atoms with Gasteiger partial charge in [-0.1, -0.05) is 48.5 Å². The average molecular weight is 456 g/mol. The summed E-state index contributed by atoms with van der Waals surface area (Å²) in [4.78, 5) is 9.41. The highest BCUT2D eigenvalue weighted by molar-refractivity contribution is 7.90. The zero-order chi connectivity index (χ0) is 22.8. The summed E-state index contributed by atoms with van der Waals surface area (Å²) in [6, 6.07) is 24.5. The lowest BCUT2D eigenvalue weighted by Gasteiger charge is -2.12. The molecule has 0 fully saturated rings. The van der Waals surface area contributed by atoms with Crippen LogP contribution in [0.25, 0.3) is 28.0 Å². The van der Waals surface area contributed by atoms with Crippen molar-refractivity contribution < 1.29 is 8.42 Å². The fourth-order valence-electron chi connectivity index (χ4n) is 3.66. The first-order valence-corrected chi connectivity index (χ1v) is 12.3. The summed E-state index contributed by atoms with van der Waals surface area (Å²) >= 11 is 0. The lowest BCUT2D eigenvalue weighted by Crippen LogP contribution is -2.08. The van der Waals surface area contributed by atoms with Crippen molar-refractivity contribution >= 4 is 21.2 Å². The Hall–Kier alpha value is -4.04. The van der Waals surface area contributed by atoms with Crippen molar-refractivity contribution in [2.24, 2.45) is 0 Å². The summed E-state index contributed by atoms with van der Waals surface area (Å²) in [5.74, 6) is 1.06. The lowest BCUT2D eigenvalue weighted by atomic mass is 10.1. The first-order valence-electron chi connectivity index (χ1n) is 10.4. The van der Waals surface area contributed by atoms with Crippen LogP contribution in [-0.4, -0.2) is 34.3 Å². The molecule has 0 aliphatic rings. The third-order valence-electron chi connectivity index (χ3n) is 5.28. The van der Waals surface area contributed by atoms with Gasteiger partial charge in [0.15, 0.2) is 21.5 Å². The highest BCUT2D eigenvalue weighted by Gasteiger charge is 2.16. The van der Waals surface area contributed by atoms with Crippen LogP contribution in [0.4, 0.5) is 5.82 Å². The van der Waals surface area contributed by atoms with Crippen molar-refractivity contribution in [3.05, 3.63) is 97.0 Å². The normalized spacial score (nSPS) is 11.5. The van der Waals surface area contributed by atoms with Crippen LogP contribution in [0.15, 0.2) is 96.2 Å². The van der Waals surface area contributed by atoms with Crippen LogP contribution in [-0.2, 0) is 16.4 Å². The molecule has 5 aromatic rings. The monoisotopic (exact) mass is 455 g/mol. The van der Waals surface area contributed by atoms with Crippen LogP contribution in [0.2, 0.25) is 0 Å². The number of rotatable bonds is 6. The van der Waals surface area contributed by atoms with Gasteiger partial charge < -0.3 is 5.32 Å². The number of nitrogens with one attached hydrogen (secondary N) is 1. The molecule has 33 heavy (non-hydrogen) atoms. The minimum atomic E-state index is -3.35. The van der Waals surface area contributed by atoms with Crippen LogP contribution < -0.4 is 5.32 Å². The van der Waals surface area contributed by atoms with Crippen LogP contribution >= 0.6 is 0 Å². The number of anilines is 1. The molecule has 3 heterocycles.